The van der Waals surface area contributed by atoms with Crippen LogP contribution in [0.3, 0.4) is 0 Å². The third-order valence-electron chi connectivity index (χ3n) is 2.92. The fraction of sp³-hybridized carbons (Fsp3) is 0.636. The number of nitrogens with zero attached hydrogens (tertiary/aromatic N) is 2. The van der Waals surface area contributed by atoms with Crippen molar-refractivity contribution in [1.82, 2.24) is 9.78 Å². The van der Waals surface area contributed by atoms with Crippen LogP contribution in [0.2, 0.25) is 0 Å². The van der Waals surface area contributed by atoms with Crippen molar-refractivity contribution in [3.8, 4) is 0 Å². The predicted molar refractivity (Wildman–Crippen MR) is 63.3 cm³/mol. The van der Waals surface area contributed by atoms with Crippen LogP contribution in [0, 0.1) is 5.41 Å². The van der Waals surface area contributed by atoms with E-state index in [1.54, 1.807) is 4.68 Å². The molecule has 0 bridgehead atoms. The maximum atomic E-state index is 10.7. The Bertz CT molecular complexity index is 385. The number of carboxylic acid groups (broad SMARTS) is 1. The lowest BCUT2D eigenvalue weighted by Gasteiger charge is -2.10. The van der Waals surface area contributed by atoms with Gasteiger partial charge in [0.1, 0.15) is 0 Å². The van der Waals surface area contributed by atoms with Gasteiger partial charge < -0.3 is 5.11 Å². The van der Waals surface area contributed by atoms with Crippen LogP contribution < -0.4 is 0 Å². The lowest BCUT2D eigenvalue weighted by Crippen LogP contribution is -2.11. The van der Waals surface area contributed by atoms with Gasteiger partial charge in [0.05, 0.1) is 12.6 Å². The quantitative estimate of drug-likeness (QED) is 0.825. The first-order chi connectivity index (χ1) is 7.60. The second-order valence-corrected chi connectivity index (χ2v) is 5.57. The van der Waals surface area contributed by atoms with Crippen molar-refractivity contribution in [2.75, 3.05) is 5.75 Å². The maximum absolute atomic E-state index is 10.7. The summed E-state index contributed by atoms with van der Waals surface area (Å²) in [5, 5.41) is 12.9. The second kappa shape index (κ2) is 4.49. The molecule has 2 rings (SSSR count). The number of carbonyl (C=O) groups is 1. The first-order valence-electron chi connectivity index (χ1n) is 5.37. The van der Waals surface area contributed by atoms with Gasteiger partial charge in [0.25, 0.3) is 0 Å². The lowest BCUT2D eigenvalue weighted by molar-refractivity contribution is -0.138. The van der Waals surface area contributed by atoms with Gasteiger partial charge in [-0.25, -0.2) is 0 Å². The number of carboxylic acids is 1. The van der Waals surface area contributed by atoms with E-state index in [2.05, 4.69) is 5.10 Å². The van der Waals surface area contributed by atoms with Crippen LogP contribution in [-0.4, -0.2) is 26.6 Å². The molecular formula is C11H16N2O2S. The Morgan fingerprint density at radius 2 is 2.44 bits per heavy atom. The van der Waals surface area contributed by atoms with Gasteiger partial charge in [-0.3, -0.25) is 9.48 Å². The number of aryl methyl sites for hydroxylation is 1. The van der Waals surface area contributed by atoms with Gasteiger partial charge in [-0.15, -0.1) is 0 Å². The van der Waals surface area contributed by atoms with E-state index in [1.807, 2.05) is 31.2 Å². The smallest absolute Gasteiger partial charge is 0.303 e. The molecule has 16 heavy (non-hydrogen) atoms. The second-order valence-electron chi connectivity index (χ2n) is 4.59. The van der Waals surface area contributed by atoms with E-state index in [9.17, 15) is 4.79 Å². The summed E-state index contributed by atoms with van der Waals surface area (Å²) in [5.41, 5.74) is 1.30. The van der Waals surface area contributed by atoms with E-state index in [-0.39, 0.29) is 5.41 Å². The fourth-order valence-electron chi connectivity index (χ4n) is 1.80. The predicted octanol–water partition coefficient (Wildman–Crippen LogP) is 1.91. The largest absolute Gasteiger partial charge is 0.481 e. The SMILES string of the molecule is Cn1cc(CSCC2(CC(=O)O)CC2)cn1. The molecule has 0 atom stereocenters. The van der Waals surface area contributed by atoms with Crippen LogP contribution in [0.4, 0.5) is 0 Å². The number of hydrogen-bond acceptors (Lipinski definition) is 3. The van der Waals surface area contributed by atoms with Gasteiger partial charge in [-0.05, 0) is 29.6 Å². The molecule has 0 aromatic carbocycles. The van der Waals surface area contributed by atoms with Crippen molar-refractivity contribution in [1.29, 1.82) is 0 Å². The Hall–Kier alpha value is -0.970. The highest BCUT2D eigenvalue weighted by molar-refractivity contribution is 7.98. The molecule has 1 aromatic heterocycles. The van der Waals surface area contributed by atoms with Crippen molar-refractivity contribution in [2.24, 2.45) is 12.5 Å². The summed E-state index contributed by atoms with van der Waals surface area (Å²) >= 11 is 1.81. The molecule has 5 heteroatoms. The minimum Gasteiger partial charge on any atom is -0.481 e. The van der Waals surface area contributed by atoms with Crippen molar-refractivity contribution in [2.45, 2.75) is 25.0 Å². The van der Waals surface area contributed by atoms with E-state index in [0.29, 0.717) is 6.42 Å². The molecule has 1 heterocycles. The standard InChI is InChI=1S/C11H16N2O2S/c1-13-6-9(5-12-13)7-16-8-11(2-3-11)4-10(14)15/h5-6H,2-4,7-8H2,1H3,(H,14,15). The van der Waals surface area contributed by atoms with E-state index >= 15 is 0 Å². The molecule has 0 saturated heterocycles. The molecule has 0 spiro atoms. The van der Waals surface area contributed by atoms with E-state index in [4.69, 9.17) is 5.11 Å². The summed E-state index contributed by atoms with van der Waals surface area (Å²) < 4.78 is 1.79. The van der Waals surface area contributed by atoms with Gasteiger partial charge in [-0.1, -0.05) is 0 Å². The van der Waals surface area contributed by atoms with Gasteiger partial charge >= 0.3 is 5.97 Å². The number of rotatable bonds is 6. The lowest BCUT2D eigenvalue weighted by atomic mass is 10.1. The summed E-state index contributed by atoms with van der Waals surface area (Å²) in [7, 11) is 1.90. The third kappa shape index (κ3) is 3.01. The van der Waals surface area contributed by atoms with E-state index in [1.165, 1.54) is 5.56 Å². The fourth-order valence-corrected chi connectivity index (χ4v) is 3.11. The Balaban J connectivity index is 1.74. The topological polar surface area (TPSA) is 55.1 Å². The van der Waals surface area contributed by atoms with E-state index in [0.717, 1.165) is 24.3 Å². The summed E-state index contributed by atoms with van der Waals surface area (Å²) in [4.78, 5) is 10.7. The number of hydrogen-bond donors (Lipinski definition) is 1. The summed E-state index contributed by atoms with van der Waals surface area (Å²) in [6.07, 6.45) is 6.33. The van der Waals surface area contributed by atoms with Gasteiger partial charge in [0.15, 0.2) is 0 Å². The maximum Gasteiger partial charge on any atom is 0.303 e. The van der Waals surface area contributed by atoms with Crippen molar-refractivity contribution >= 4 is 17.7 Å². The Labute approximate surface area is 99.0 Å². The number of aromatic nitrogens is 2. The molecule has 1 aliphatic rings. The summed E-state index contributed by atoms with van der Waals surface area (Å²) in [6.45, 7) is 0. The van der Waals surface area contributed by atoms with Crippen molar-refractivity contribution < 1.29 is 9.90 Å². The summed E-state index contributed by atoms with van der Waals surface area (Å²) in [5.74, 6) is 1.21. The minimum atomic E-state index is -0.667. The number of aliphatic carboxylic acids is 1. The molecule has 1 N–H and O–H groups in total. The molecular weight excluding hydrogens is 224 g/mol. The zero-order valence-corrected chi connectivity index (χ0v) is 10.2. The summed E-state index contributed by atoms with van der Waals surface area (Å²) in [6, 6.07) is 0. The molecule has 88 valence electrons. The highest BCUT2D eigenvalue weighted by atomic mass is 32.2. The Morgan fingerprint density at radius 3 is 2.94 bits per heavy atom. The van der Waals surface area contributed by atoms with Gasteiger partial charge in [0.2, 0.25) is 0 Å². The van der Waals surface area contributed by atoms with Crippen molar-refractivity contribution in [3.05, 3.63) is 18.0 Å². The van der Waals surface area contributed by atoms with Crippen LogP contribution >= 0.6 is 11.8 Å². The average molecular weight is 240 g/mol. The first-order valence-corrected chi connectivity index (χ1v) is 6.52. The van der Waals surface area contributed by atoms with Gasteiger partial charge in [-0.2, -0.15) is 16.9 Å². The molecule has 1 aliphatic carbocycles. The van der Waals surface area contributed by atoms with Crippen LogP contribution in [-0.2, 0) is 17.6 Å². The Morgan fingerprint density at radius 1 is 1.69 bits per heavy atom. The van der Waals surface area contributed by atoms with Crippen LogP contribution in [0.15, 0.2) is 12.4 Å². The number of thioether (sulfide) groups is 1. The molecule has 1 aromatic rings. The molecule has 0 aliphatic heterocycles. The molecule has 1 fully saturated rings. The van der Waals surface area contributed by atoms with Crippen LogP contribution in [0.25, 0.3) is 0 Å². The Kier molecular flexibility index (Phi) is 3.23. The molecule has 0 amide bonds. The van der Waals surface area contributed by atoms with Crippen molar-refractivity contribution in [3.63, 3.8) is 0 Å². The highest BCUT2D eigenvalue weighted by Gasteiger charge is 2.43. The van der Waals surface area contributed by atoms with E-state index < -0.39 is 5.97 Å². The monoisotopic (exact) mass is 240 g/mol. The third-order valence-corrected chi connectivity index (χ3v) is 4.27. The zero-order valence-electron chi connectivity index (χ0n) is 9.35. The van der Waals surface area contributed by atoms with Crippen LogP contribution in [0.5, 0.6) is 0 Å². The minimum absolute atomic E-state index is 0.0959. The molecule has 1 saturated carbocycles. The molecule has 0 radical (unpaired) electrons. The zero-order chi connectivity index (χ0) is 11.6. The van der Waals surface area contributed by atoms with Crippen LogP contribution in [0.1, 0.15) is 24.8 Å². The molecule has 0 unspecified atom stereocenters. The average Bonchev–Trinajstić information content (AvgIpc) is 2.80. The first kappa shape index (κ1) is 11.5. The highest BCUT2D eigenvalue weighted by Crippen LogP contribution is 2.51. The normalized spacial score (nSPS) is 17.3. The van der Waals surface area contributed by atoms with Gasteiger partial charge in [0, 0.05) is 19.0 Å². The molecule has 4 nitrogen and oxygen atoms in total.